The molecular formula is C58H36N4S. The number of aromatic nitrogens is 3. The van der Waals surface area contributed by atoms with Crippen LogP contribution in [0.15, 0.2) is 228 Å². The number of nitrogens with zero attached hydrogens (tertiary/aromatic N) is 4. The predicted octanol–water partition coefficient (Wildman–Crippen LogP) is 16.0. The summed E-state index contributed by atoms with van der Waals surface area (Å²) in [6, 6.07) is 78.5. The highest BCUT2D eigenvalue weighted by atomic mass is 32.2. The Morgan fingerprint density at radius 2 is 1.02 bits per heavy atom. The van der Waals surface area contributed by atoms with Gasteiger partial charge >= 0.3 is 0 Å². The molecule has 0 radical (unpaired) electrons. The molecule has 5 heteroatoms. The minimum atomic E-state index is 0.644. The molecule has 0 N–H and O–H groups in total. The van der Waals surface area contributed by atoms with Crippen LogP contribution >= 0.6 is 11.8 Å². The van der Waals surface area contributed by atoms with Gasteiger partial charge in [-0.25, -0.2) is 9.97 Å². The fourth-order valence-electron chi connectivity index (χ4n) is 9.73. The molecule has 3 heterocycles. The lowest BCUT2D eigenvalue weighted by Crippen LogP contribution is -2.14. The van der Waals surface area contributed by atoms with Crippen molar-refractivity contribution in [3.63, 3.8) is 0 Å². The van der Waals surface area contributed by atoms with Crippen LogP contribution in [-0.2, 0) is 0 Å². The van der Waals surface area contributed by atoms with Crippen LogP contribution in [0, 0.1) is 0 Å². The lowest BCUT2D eigenvalue weighted by molar-refractivity contribution is 1.01. The molecule has 2 aromatic heterocycles. The molecule has 0 spiro atoms. The molecule has 0 atom stereocenters. The van der Waals surface area contributed by atoms with Gasteiger partial charge in [-0.3, -0.25) is 4.57 Å². The molecule has 12 aromatic rings. The number of para-hydroxylation sites is 3. The standard InChI is InChI=1S/C58H36N4S/c1-2-17-42(18-3-1)61-49-25-10-11-27-53(49)63-54-36-41(33-34-50(54)61)46-23-13-26-51-56(46)55-45-20-7-5-15-38(45)32-35-52(55)62(51)58-59-48-24-9-8-21-47(48)57(60-58)40-30-28-39(29-31-40)44-22-12-16-37-14-4-6-19-43(37)44/h1-36H. The van der Waals surface area contributed by atoms with Crippen molar-refractivity contribution in [2.24, 2.45) is 0 Å². The molecule has 10 aromatic carbocycles. The van der Waals surface area contributed by atoms with Gasteiger partial charge in [0.1, 0.15) is 0 Å². The average Bonchev–Trinajstić information content (AvgIpc) is 3.70. The molecule has 0 saturated heterocycles. The molecule has 0 bridgehead atoms. The first kappa shape index (κ1) is 35.7. The van der Waals surface area contributed by atoms with Crippen molar-refractivity contribution in [2.45, 2.75) is 9.79 Å². The van der Waals surface area contributed by atoms with E-state index in [0.717, 1.165) is 44.4 Å². The molecule has 1 aliphatic rings. The summed E-state index contributed by atoms with van der Waals surface area (Å²) in [4.78, 5) is 15.7. The van der Waals surface area contributed by atoms with E-state index in [1.54, 1.807) is 0 Å². The van der Waals surface area contributed by atoms with Crippen LogP contribution in [0.3, 0.4) is 0 Å². The summed E-state index contributed by atoms with van der Waals surface area (Å²) in [6.07, 6.45) is 0. The van der Waals surface area contributed by atoms with Crippen LogP contribution in [-0.4, -0.2) is 14.5 Å². The van der Waals surface area contributed by atoms with Crippen molar-refractivity contribution in [1.29, 1.82) is 0 Å². The van der Waals surface area contributed by atoms with Gasteiger partial charge < -0.3 is 4.90 Å². The van der Waals surface area contributed by atoms with E-state index in [4.69, 9.17) is 9.97 Å². The maximum absolute atomic E-state index is 5.51. The summed E-state index contributed by atoms with van der Waals surface area (Å²) in [6.45, 7) is 0. The number of hydrogen-bond acceptors (Lipinski definition) is 4. The van der Waals surface area contributed by atoms with Gasteiger partial charge in [0, 0.05) is 37.2 Å². The van der Waals surface area contributed by atoms with Crippen LogP contribution in [0.2, 0.25) is 0 Å². The van der Waals surface area contributed by atoms with Gasteiger partial charge in [0.2, 0.25) is 5.95 Å². The third-order valence-corrected chi connectivity index (χ3v) is 13.7. The zero-order valence-electron chi connectivity index (χ0n) is 34.0. The minimum Gasteiger partial charge on any atom is -0.308 e. The smallest absolute Gasteiger partial charge is 0.235 e. The molecule has 0 aliphatic carbocycles. The Balaban J connectivity index is 1.01. The van der Waals surface area contributed by atoms with E-state index in [9.17, 15) is 0 Å². The topological polar surface area (TPSA) is 34.0 Å². The van der Waals surface area contributed by atoms with E-state index >= 15 is 0 Å². The van der Waals surface area contributed by atoms with Crippen molar-refractivity contribution in [2.75, 3.05) is 4.90 Å². The van der Waals surface area contributed by atoms with E-state index in [0.29, 0.717) is 5.95 Å². The fourth-order valence-corrected chi connectivity index (χ4v) is 10.8. The monoisotopic (exact) mass is 820 g/mol. The number of fused-ring (bicyclic) bond motifs is 9. The molecule has 0 saturated carbocycles. The summed E-state index contributed by atoms with van der Waals surface area (Å²) in [5, 5.41) is 8.27. The Kier molecular flexibility index (Phi) is 8.11. The summed E-state index contributed by atoms with van der Waals surface area (Å²) in [5.41, 5.74) is 13.2. The van der Waals surface area contributed by atoms with Gasteiger partial charge in [-0.2, -0.15) is 0 Å². The van der Waals surface area contributed by atoms with E-state index in [1.165, 1.54) is 70.2 Å². The van der Waals surface area contributed by atoms with Crippen LogP contribution in [0.5, 0.6) is 0 Å². The molecule has 0 amide bonds. The van der Waals surface area contributed by atoms with Crippen molar-refractivity contribution >= 4 is 83.1 Å². The summed E-state index contributed by atoms with van der Waals surface area (Å²) < 4.78 is 2.28. The number of benzene rings is 10. The van der Waals surface area contributed by atoms with Crippen molar-refractivity contribution in [3.05, 3.63) is 218 Å². The maximum atomic E-state index is 5.51. The third kappa shape index (κ3) is 5.71. The van der Waals surface area contributed by atoms with Gasteiger partial charge in [-0.15, -0.1) is 0 Å². The Morgan fingerprint density at radius 3 is 1.89 bits per heavy atom. The van der Waals surface area contributed by atoms with Gasteiger partial charge in [-0.05, 0) is 98.4 Å². The van der Waals surface area contributed by atoms with Crippen LogP contribution in [0.4, 0.5) is 17.1 Å². The first-order valence-corrected chi connectivity index (χ1v) is 22.1. The number of rotatable bonds is 5. The largest absolute Gasteiger partial charge is 0.308 e. The summed E-state index contributed by atoms with van der Waals surface area (Å²) in [7, 11) is 0. The Hall–Kier alpha value is -7.99. The first-order valence-electron chi connectivity index (χ1n) is 21.3. The van der Waals surface area contributed by atoms with Gasteiger partial charge in [0.15, 0.2) is 0 Å². The molecule has 63 heavy (non-hydrogen) atoms. The zero-order chi connectivity index (χ0) is 41.4. The normalized spacial score (nSPS) is 12.3. The third-order valence-electron chi connectivity index (χ3n) is 12.6. The highest BCUT2D eigenvalue weighted by Gasteiger charge is 2.26. The van der Waals surface area contributed by atoms with Gasteiger partial charge in [-0.1, -0.05) is 176 Å². The highest BCUT2D eigenvalue weighted by molar-refractivity contribution is 7.99. The van der Waals surface area contributed by atoms with Crippen LogP contribution in [0.1, 0.15) is 0 Å². The Bertz CT molecular complexity index is 3770. The molecule has 13 rings (SSSR count). The van der Waals surface area contributed by atoms with Gasteiger partial charge in [0.05, 0.1) is 33.6 Å². The average molecular weight is 821 g/mol. The molecule has 4 nitrogen and oxygen atoms in total. The van der Waals surface area contributed by atoms with Crippen LogP contribution < -0.4 is 4.90 Å². The summed E-state index contributed by atoms with van der Waals surface area (Å²) in [5.74, 6) is 0.644. The fraction of sp³-hybridized carbons (Fsp3) is 0. The van der Waals surface area contributed by atoms with E-state index in [-0.39, 0.29) is 0 Å². The molecule has 294 valence electrons. The summed E-state index contributed by atoms with van der Waals surface area (Å²) >= 11 is 1.84. The second kappa shape index (κ2) is 14.3. The molecule has 1 aliphatic heterocycles. The zero-order valence-corrected chi connectivity index (χ0v) is 34.8. The molecular weight excluding hydrogens is 785 g/mol. The first-order chi connectivity index (χ1) is 31.2. The second-order valence-electron chi connectivity index (χ2n) is 16.1. The minimum absolute atomic E-state index is 0.644. The van der Waals surface area contributed by atoms with Crippen LogP contribution in [0.25, 0.3) is 93.7 Å². The lowest BCUT2D eigenvalue weighted by Gasteiger charge is -2.33. The maximum Gasteiger partial charge on any atom is 0.235 e. The second-order valence-corrected chi connectivity index (χ2v) is 17.2. The van der Waals surface area contributed by atoms with Gasteiger partial charge in [0.25, 0.3) is 0 Å². The molecule has 0 fully saturated rings. The van der Waals surface area contributed by atoms with Crippen molar-refractivity contribution in [3.8, 4) is 39.5 Å². The number of hydrogen-bond donors (Lipinski definition) is 0. The quantitative estimate of drug-likeness (QED) is 0.173. The Labute approximate surface area is 368 Å². The lowest BCUT2D eigenvalue weighted by atomic mass is 9.96. The Morgan fingerprint density at radius 1 is 0.381 bits per heavy atom. The van der Waals surface area contributed by atoms with Crippen molar-refractivity contribution < 1.29 is 0 Å². The van der Waals surface area contributed by atoms with E-state index in [2.05, 4.69) is 228 Å². The predicted molar refractivity (Wildman–Crippen MR) is 264 cm³/mol. The molecule has 0 unspecified atom stereocenters. The number of anilines is 3. The van der Waals surface area contributed by atoms with Crippen molar-refractivity contribution in [1.82, 2.24) is 14.5 Å². The SMILES string of the molecule is c1ccc(N2c3ccccc3Sc3cc(-c4cccc5c4c4c6ccccc6ccc4n5-c4nc(-c5ccc(-c6cccc7ccccc67)cc5)c5ccccc5n4)ccc32)cc1. The highest BCUT2D eigenvalue weighted by Crippen LogP contribution is 2.53. The van der Waals surface area contributed by atoms with E-state index in [1.807, 2.05) is 11.8 Å². The van der Waals surface area contributed by atoms with E-state index < -0.39 is 0 Å².